The number of piperidine rings is 1. The molecule has 20 heavy (non-hydrogen) atoms. The van der Waals surface area contributed by atoms with Gasteiger partial charge >= 0.3 is 0 Å². The highest BCUT2D eigenvalue weighted by Gasteiger charge is 2.44. The lowest BCUT2D eigenvalue weighted by Crippen LogP contribution is -2.40. The van der Waals surface area contributed by atoms with Gasteiger partial charge in [0.05, 0.1) is 11.3 Å². The molecule has 1 heterocycles. The van der Waals surface area contributed by atoms with Crippen molar-refractivity contribution in [2.45, 2.75) is 43.4 Å². The van der Waals surface area contributed by atoms with Gasteiger partial charge in [-0.15, -0.1) is 0 Å². The highest BCUT2D eigenvalue weighted by Crippen LogP contribution is 2.40. The minimum atomic E-state index is -3.34. The van der Waals surface area contributed by atoms with Crippen LogP contribution in [0.3, 0.4) is 0 Å². The molecule has 1 atom stereocenters. The van der Waals surface area contributed by atoms with E-state index in [-0.39, 0.29) is 10.8 Å². The van der Waals surface area contributed by atoms with Crippen LogP contribution in [0, 0.1) is 11.6 Å². The maximum absolute atomic E-state index is 14.0. The molecule has 3 nitrogen and oxygen atoms in total. The molecule has 0 unspecified atom stereocenters. The van der Waals surface area contributed by atoms with Gasteiger partial charge < -0.3 is 0 Å². The molecule has 0 bridgehead atoms. The van der Waals surface area contributed by atoms with Gasteiger partial charge in [0.15, 0.2) is 0 Å². The molecule has 0 amide bonds. The third kappa shape index (κ3) is 2.46. The Kier molecular flexibility index (Phi) is 3.54. The summed E-state index contributed by atoms with van der Waals surface area (Å²) in [5, 5.41) is -0.299. The van der Waals surface area contributed by atoms with Gasteiger partial charge in [-0.1, -0.05) is 12.5 Å². The van der Waals surface area contributed by atoms with Gasteiger partial charge in [0.25, 0.3) is 0 Å². The summed E-state index contributed by atoms with van der Waals surface area (Å²) in [7, 11) is -3.34. The van der Waals surface area contributed by atoms with Crippen LogP contribution in [-0.4, -0.2) is 24.5 Å². The van der Waals surface area contributed by atoms with E-state index in [9.17, 15) is 17.2 Å². The lowest BCUT2D eigenvalue weighted by atomic mass is 9.97. The van der Waals surface area contributed by atoms with Crippen molar-refractivity contribution in [2.75, 3.05) is 6.54 Å². The second-order valence-corrected chi connectivity index (χ2v) is 7.70. The number of rotatable bonds is 3. The Morgan fingerprint density at radius 2 is 1.85 bits per heavy atom. The Balaban J connectivity index is 1.96. The fraction of sp³-hybridized carbons (Fsp3) is 0.571. The van der Waals surface area contributed by atoms with E-state index < -0.39 is 27.7 Å². The molecule has 3 rings (SSSR count). The topological polar surface area (TPSA) is 37.4 Å². The van der Waals surface area contributed by atoms with Gasteiger partial charge in [-0.25, -0.2) is 17.2 Å². The van der Waals surface area contributed by atoms with Gasteiger partial charge in [0.2, 0.25) is 10.0 Å². The van der Waals surface area contributed by atoms with Crippen LogP contribution in [-0.2, 0) is 10.0 Å². The first-order valence-corrected chi connectivity index (χ1v) is 8.46. The van der Waals surface area contributed by atoms with Crippen LogP contribution >= 0.6 is 0 Å². The number of hydrogen-bond donors (Lipinski definition) is 0. The smallest absolute Gasteiger partial charge is 0.212 e. The highest BCUT2D eigenvalue weighted by molar-refractivity contribution is 7.90. The van der Waals surface area contributed by atoms with E-state index in [1.165, 1.54) is 16.4 Å². The second-order valence-electron chi connectivity index (χ2n) is 5.53. The van der Waals surface area contributed by atoms with Gasteiger partial charge in [0.1, 0.15) is 11.6 Å². The van der Waals surface area contributed by atoms with E-state index in [2.05, 4.69) is 0 Å². The molecule has 0 radical (unpaired) electrons. The van der Waals surface area contributed by atoms with E-state index in [0.29, 0.717) is 25.8 Å². The van der Waals surface area contributed by atoms with Crippen molar-refractivity contribution in [3.63, 3.8) is 0 Å². The largest absolute Gasteiger partial charge is 0.217 e. The molecule has 6 heteroatoms. The van der Waals surface area contributed by atoms with Crippen molar-refractivity contribution in [3.8, 4) is 0 Å². The molecule has 1 aromatic carbocycles. The normalized spacial score (nSPS) is 24.8. The summed E-state index contributed by atoms with van der Waals surface area (Å²) in [5.74, 6) is -1.30. The summed E-state index contributed by atoms with van der Waals surface area (Å²) in [6, 6.07) is 2.90. The number of halogens is 2. The summed E-state index contributed by atoms with van der Waals surface area (Å²) >= 11 is 0. The Morgan fingerprint density at radius 1 is 1.10 bits per heavy atom. The Labute approximate surface area is 117 Å². The van der Waals surface area contributed by atoms with E-state index in [0.717, 1.165) is 18.9 Å². The fourth-order valence-electron chi connectivity index (χ4n) is 2.85. The third-order valence-electron chi connectivity index (χ3n) is 4.05. The van der Waals surface area contributed by atoms with Crippen LogP contribution in [0.5, 0.6) is 0 Å². The zero-order valence-electron chi connectivity index (χ0n) is 11.1. The molecular weight excluding hydrogens is 284 g/mol. The van der Waals surface area contributed by atoms with E-state index in [4.69, 9.17) is 0 Å². The quantitative estimate of drug-likeness (QED) is 0.860. The lowest BCUT2D eigenvalue weighted by molar-refractivity contribution is 0.250. The summed E-state index contributed by atoms with van der Waals surface area (Å²) < 4.78 is 53.3. The average molecular weight is 301 g/mol. The molecule has 0 aromatic heterocycles. The summed E-state index contributed by atoms with van der Waals surface area (Å²) in [6.07, 6.45) is 3.63. The average Bonchev–Trinajstić information content (AvgIpc) is 3.23. The van der Waals surface area contributed by atoms with Crippen LogP contribution in [0.25, 0.3) is 0 Å². The van der Waals surface area contributed by atoms with Crippen molar-refractivity contribution in [1.29, 1.82) is 0 Å². The molecule has 1 aliphatic carbocycles. The number of benzene rings is 1. The third-order valence-corrected chi connectivity index (χ3v) is 6.45. The molecule has 1 saturated heterocycles. The van der Waals surface area contributed by atoms with Crippen molar-refractivity contribution in [3.05, 3.63) is 35.4 Å². The number of sulfonamides is 1. The van der Waals surface area contributed by atoms with Crippen LogP contribution in [0.4, 0.5) is 8.78 Å². The first-order chi connectivity index (χ1) is 9.50. The van der Waals surface area contributed by atoms with Crippen LogP contribution in [0.1, 0.15) is 43.7 Å². The molecule has 2 fully saturated rings. The van der Waals surface area contributed by atoms with E-state index >= 15 is 0 Å². The summed E-state index contributed by atoms with van der Waals surface area (Å²) in [5.41, 5.74) is 0.287. The van der Waals surface area contributed by atoms with E-state index in [1.807, 2.05) is 0 Å². The maximum Gasteiger partial charge on any atom is 0.217 e. The van der Waals surface area contributed by atoms with Crippen LogP contribution in [0.2, 0.25) is 0 Å². The Morgan fingerprint density at radius 3 is 2.50 bits per heavy atom. The summed E-state index contributed by atoms with van der Waals surface area (Å²) in [4.78, 5) is 0. The van der Waals surface area contributed by atoms with E-state index in [1.54, 1.807) is 0 Å². The SMILES string of the molecule is O=S(=O)(C1CC1)N1CCCC[C@H]1c1ccc(F)cc1F. The lowest BCUT2D eigenvalue weighted by Gasteiger charge is -2.35. The van der Waals surface area contributed by atoms with Crippen molar-refractivity contribution in [2.24, 2.45) is 0 Å². The Hall–Kier alpha value is -1.01. The minimum Gasteiger partial charge on any atom is -0.212 e. The highest BCUT2D eigenvalue weighted by atomic mass is 32.2. The van der Waals surface area contributed by atoms with Gasteiger partial charge in [-0.2, -0.15) is 4.31 Å². The zero-order valence-corrected chi connectivity index (χ0v) is 11.9. The monoisotopic (exact) mass is 301 g/mol. The van der Waals surface area contributed by atoms with Gasteiger partial charge in [-0.05, 0) is 31.7 Å². The number of nitrogens with zero attached hydrogens (tertiary/aromatic N) is 1. The zero-order chi connectivity index (χ0) is 14.3. The van der Waals surface area contributed by atoms with Gasteiger partial charge in [-0.3, -0.25) is 0 Å². The molecule has 0 N–H and O–H groups in total. The van der Waals surface area contributed by atoms with Crippen LogP contribution in [0.15, 0.2) is 18.2 Å². The fourth-order valence-corrected chi connectivity index (χ4v) is 4.92. The first-order valence-electron chi connectivity index (χ1n) is 6.96. The molecular formula is C14H17F2NO2S. The minimum absolute atomic E-state index is 0.287. The maximum atomic E-state index is 14.0. The predicted molar refractivity (Wildman–Crippen MR) is 71.6 cm³/mol. The number of hydrogen-bond acceptors (Lipinski definition) is 2. The van der Waals surface area contributed by atoms with Crippen molar-refractivity contribution in [1.82, 2.24) is 4.31 Å². The van der Waals surface area contributed by atoms with Crippen LogP contribution < -0.4 is 0 Å². The second kappa shape index (κ2) is 5.07. The molecule has 110 valence electrons. The first kappa shape index (κ1) is 13.9. The van der Waals surface area contributed by atoms with Crippen molar-refractivity contribution < 1.29 is 17.2 Å². The van der Waals surface area contributed by atoms with Crippen molar-refractivity contribution >= 4 is 10.0 Å². The Bertz CT molecular complexity index is 614. The summed E-state index contributed by atoms with van der Waals surface area (Å²) in [6.45, 7) is 0.431. The molecule has 1 aliphatic heterocycles. The molecule has 0 spiro atoms. The molecule has 1 saturated carbocycles. The predicted octanol–water partition coefficient (Wildman–Crippen LogP) is 2.98. The molecule has 2 aliphatic rings. The van der Waals surface area contributed by atoms with Gasteiger partial charge in [0, 0.05) is 18.2 Å². The molecule has 1 aromatic rings. The standard InChI is InChI=1S/C14H17F2NO2S/c15-10-4-7-12(13(16)9-10)14-3-1-2-8-17(14)20(18,19)11-5-6-11/h4,7,9,11,14H,1-3,5-6,8H2/t14-/m0/s1.